The summed E-state index contributed by atoms with van der Waals surface area (Å²) in [5, 5.41) is 14.5. The van der Waals surface area contributed by atoms with Gasteiger partial charge in [0.2, 0.25) is 0 Å². The number of halogens is 1. The van der Waals surface area contributed by atoms with Crippen LogP contribution in [0.15, 0.2) is 77.7 Å². The van der Waals surface area contributed by atoms with Crippen molar-refractivity contribution in [1.82, 2.24) is 14.7 Å². The van der Waals surface area contributed by atoms with Crippen LogP contribution in [0.3, 0.4) is 0 Å². The minimum Gasteiger partial charge on any atom is -0.472 e. The summed E-state index contributed by atoms with van der Waals surface area (Å²) in [6.45, 7) is 2.29. The quantitative estimate of drug-likeness (QED) is 0.533. The SMILES string of the molecule is OC1CCN(Cc2cnn(-c3ccc(-c4ccc(F)cc4)cc3)c2-c2ccoc2)C1. The summed E-state index contributed by atoms with van der Waals surface area (Å²) in [6.07, 6.45) is 5.83. The van der Waals surface area contributed by atoms with Gasteiger partial charge in [-0.15, -0.1) is 0 Å². The van der Waals surface area contributed by atoms with E-state index in [1.807, 2.05) is 41.2 Å². The van der Waals surface area contributed by atoms with Crippen molar-refractivity contribution < 1.29 is 13.9 Å². The smallest absolute Gasteiger partial charge is 0.123 e. The fourth-order valence-electron chi connectivity index (χ4n) is 4.03. The number of hydrogen-bond acceptors (Lipinski definition) is 4. The highest BCUT2D eigenvalue weighted by molar-refractivity contribution is 5.67. The van der Waals surface area contributed by atoms with Crippen molar-refractivity contribution in [2.75, 3.05) is 13.1 Å². The maximum absolute atomic E-state index is 13.2. The second-order valence-corrected chi connectivity index (χ2v) is 7.67. The predicted octanol–water partition coefficient (Wildman–Crippen LogP) is 4.51. The van der Waals surface area contributed by atoms with Gasteiger partial charge < -0.3 is 9.52 Å². The maximum Gasteiger partial charge on any atom is 0.123 e. The molecule has 152 valence electrons. The number of benzene rings is 2. The summed E-state index contributed by atoms with van der Waals surface area (Å²) in [5.74, 6) is -0.241. The summed E-state index contributed by atoms with van der Waals surface area (Å²) in [7, 11) is 0. The van der Waals surface area contributed by atoms with Crippen molar-refractivity contribution in [3.8, 4) is 28.1 Å². The second-order valence-electron chi connectivity index (χ2n) is 7.67. The Morgan fingerprint density at radius 2 is 1.73 bits per heavy atom. The van der Waals surface area contributed by atoms with E-state index in [0.717, 1.165) is 53.1 Å². The molecule has 5 nitrogen and oxygen atoms in total. The molecule has 5 rings (SSSR count). The predicted molar refractivity (Wildman–Crippen MR) is 113 cm³/mol. The third-order valence-corrected chi connectivity index (χ3v) is 5.57. The first kappa shape index (κ1) is 18.8. The van der Waals surface area contributed by atoms with Crippen LogP contribution in [0.5, 0.6) is 0 Å². The van der Waals surface area contributed by atoms with Crippen molar-refractivity contribution in [2.24, 2.45) is 0 Å². The normalized spacial score (nSPS) is 16.9. The van der Waals surface area contributed by atoms with Crippen molar-refractivity contribution in [2.45, 2.75) is 19.1 Å². The molecule has 30 heavy (non-hydrogen) atoms. The molecule has 0 amide bonds. The lowest BCUT2D eigenvalue weighted by Gasteiger charge is -2.15. The average Bonchev–Trinajstić information content (AvgIpc) is 3.50. The molecule has 1 N–H and O–H groups in total. The number of aromatic nitrogens is 2. The molecule has 0 radical (unpaired) electrons. The zero-order valence-electron chi connectivity index (χ0n) is 16.4. The van der Waals surface area contributed by atoms with E-state index >= 15 is 0 Å². The van der Waals surface area contributed by atoms with Crippen molar-refractivity contribution >= 4 is 0 Å². The van der Waals surface area contributed by atoms with Crippen molar-refractivity contribution in [3.63, 3.8) is 0 Å². The first-order valence-corrected chi connectivity index (χ1v) is 10.0. The Morgan fingerprint density at radius 3 is 2.37 bits per heavy atom. The maximum atomic E-state index is 13.2. The van der Waals surface area contributed by atoms with Gasteiger partial charge in [0.1, 0.15) is 5.82 Å². The van der Waals surface area contributed by atoms with Gasteiger partial charge in [0.25, 0.3) is 0 Å². The van der Waals surface area contributed by atoms with Gasteiger partial charge in [0, 0.05) is 30.8 Å². The standard InChI is InChI=1S/C24H22FN3O2/c25-21-5-1-17(2-6-21)18-3-7-22(8-4-18)28-24(19-10-12-30-16-19)20(13-26-28)14-27-11-9-23(29)15-27/h1-8,10,12-13,16,23,29H,9,11,14-15H2. The Kier molecular flexibility index (Phi) is 4.94. The highest BCUT2D eigenvalue weighted by atomic mass is 19.1. The summed E-state index contributed by atoms with van der Waals surface area (Å²) in [6, 6.07) is 16.5. The fourth-order valence-corrected chi connectivity index (χ4v) is 4.03. The van der Waals surface area contributed by atoms with E-state index in [2.05, 4.69) is 10.00 Å². The molecule has 0 saturated carbocycles. The van der Waals surface area contributed by atoms with Gasteiger partial charge in [-0.05, 0) is 47.9 Å². The van der Waals surface area contributed by atoms with Gasteiger partial charge in [0.15, 0.2) is 0 Å². The number of rotatable bonds is 5. The Morgan fingerprint density at radius 1 is 1.00 bits per heavy atom. The number of aliphatic hydroxyl groups is 1. The van der Waals surface area contributed by atoms with Crippen LogP contribution in [0, 0.1) is 5.82 Å². The molecule has 1 unspecified atom stereocenters. The summed E-state index contributed by atoms with van der Waals surface area (Å²) in [5.41, 5.74) is 5.95. The minimum absolute atomic E-state index is 0.241. The number of likely N-dealkylation sites (tertiary alicyclic amines) is 1. The average molecular weight is 403 g/mol. The Hall–Kier alpha value is -3.22. The lowest BCUT2D eigenvalue weighted by atomic mass is 10.1. The van der Waals surface area contributed by atoms with Crippen molar-refractivity contribution in [1.29, 1.82) is 0 Å². The molecule has 2 aromatic carbocycles. The molecule has 1 fully saturated rings. The molecular formula is C24H22FN3O2. The number of β-amino-alcohol motifs (C(OH)–C–C–N with tert-alkyl or cyclic N) is 1. The highest BCUT2D eigenvalue weighted by Crippen LogP contribution is 2.30. The van der Waals surface area contributed by atoms with E-state index in [4.69, 9.17) is 4.42 Å². The number of hydrogen-bond donors (Lipinski definition) is 1. The van der Waals surface area contributed by atoms with Crippen LogP contribution in [-0.4, -0.2) is 39.0 Å². The third kappa shape index (κ3) is 3.67. The topological polar surface area (TPSA) is 54.4 Å². The van der Waals surface area contributed by atoms with E-state index in [1.54, 1.807) is 24.7 Å². The zero-order chi connectivity index (χ0) is 20.5. The molecule has 1 saturated heterocycles. The van der Waals surface area contributed by atoms with Gasteiger partial charge in [-0.1, -0.05) is 24.3 Å². The lowest BCUT2D eigenvalue weighted by Crippen LogP contribution is -2.21. The molecule has 0 bridgehead atoms. The van der Waals surface area contributed by atoms with Crippen LogP contribution in [0.1, 0.15) is 12.0 Å². The Balaban J connectivity index is 1.48. The molecule has 1 atom stereocenters. The Bertz CT molecular complexity index is 1120. The summed E-state index contributed by atoms with van der Waals surface area (Å²) < 4.78 is 20.4. The monoisotopic (exact) mass is 403 g/mol. The molecule has 6 heteroatoms. The highest BCUT2D eigenvalue weighted by Gasteiger charge is 2.23. The van der Waals surface area contributed by atoms with Crippen LogP contribution in [-0.2, 0) is 6.54 Å². The minimum atomic E-state index is -0.253. The second kappa shape index (κ2) is 7.89. The fraction of sp³-hybridized carbons (Fsp3) is 0.208. The molecule has 0 aliphatic carbocycles. The molecule has 3 heterocycles. The van der Waals surface area contributed by atoms with Gasteiger partial charge in [0.05, 0.1) is 36.2 Å². The summed E-state index contributed by atoms with van der Waals surface area (Å²) >= 11 is 0. The molecule has 2 aromatic heterocycles. The number of furan rings is 1. The summed E-state index contributed by atoms with van der Waals surface area (Å²) in [4.78, 5) is 2.24. The van der Waals surface area contributed by atoms with E-state index in [-0.39, 0.29) is 11.9 Å². The first-order chi connectivity index (χ1) is 14.7. The van der Waals surface area contributed by atoms with Gasteiger partial charge in [-0.25, -0.2) is 9.07 Å². The van der Waals surface area contributed by atoms with Crippen LogP contribution >= 0.6 is 0 Å². The van der Waals surface area contributed by atoms with Crippen LogP contribution < -0.4 is 0 Å². The first-order valence-electron chi connectivity index (χ1n) is 10.0. The van der Waals surface area contributed by atoms with Crippen LogP contribution in [0.4, 0.5) is 4.39 Å². The third-order valence-electron chi connectivity index (χ3n) is 5.57. The molecule has 1 aliphatic rings. The number of aliphatic hydroxyl groups excluding tert-OH is 1. The van der Waals surface area contributed by atoms with Crippen molar-refractivity contribution in [3.05, 3.63) is 84.7 Å². The van der Waals surface area contributed by atoms with Gasteiger partial charge in [-0.2, -0.15) is 5.10 Å². The molecular weight excluding hydrogens is 381 g/mol. The molecule has 0 spiro atoms. The number of nitrogens with zero attached hydrogens (tertiary/aromatic N) is 3. The largest absolute Gasteiger partial charge is 0.472 e. The zero-order valence-corrected chi connectivity index (χ0v) is 16.4. The Labute approximate surface area is 174 Å². The van der Waals surface area contributed by atoms with E-state index in [1.165, 1.54) is 12.1 Å². The van der Waals surface area contributed by atoms with E-state index in [9.17, 15) is 9.50 Å². The van der Waals surface area contributed by atoms with Crippen LogP contribution in [0.25, 0.3) is 28.1 Å². The van der Waals surface area contributed by atoms with E-state index in [0.29, 0.717) is 6.54 Å². The van der Waals surface area contributed by atoms with Gasteiger partial charge in [-0.3, -0.25) is 4.90 Å². The van der Waals surface area contributed by atoms with E-state index < -0.39 is 0 Å². The molecule has 1 aliphatic heterocycles. The van der Waals surface area contributed by atoms with Crippen LogP contribution in [0.2, 0.25) is 0 Å². The molecule has 4 aromatic rings. The van der Waals surface area contributed by atoms with Gasteiger partial charge >= 0.3 is 0 Å². The lowest BCUT2D eigenvalue weighted by molar-refractivity contribution is 0.175.